The Morgan fingerprint density at radius 1 is 0.659 bits per heavy atom. The number of hydrogen-bond donors (Lipinski definition) is 0. The van der Waals surface area contributed by atoms with Crippen molar-refractivity contribution in [2.24, 2.45) is 0 Å². The fourth-order valence-corrected chi connectivity index (χ4v) is 6.45. The summed E-state index contributed by atoms with van der Waals surface area (Å²) < 4.78 is 0. The van der Waals surface area contributed by atoms with Gasteiger partial charge in [-0.2, -0.15) is 0 Å². The Morgan fingerprint density at radius 2 is 1.23 bits per heavy atom. The minimum atomic E-state index is 0.911. The van der Waals surface area contributed by atoms with Crippen LogP contribution in [0.4, 0.5) is 0 Å². The van der Waals surface area contributed by atoms with Gasteiger partial charge in [-0.05, 0) is 95.6 Å². The van der Waals surface area contributed by atoms with E-state index in [2.05, 4.69) is 153 Å². The fourth-order valence-electron chi connectivity index (χ4n) is 6.45. The van der Waals surface area contributed by atoms with Gasteiger partial charge in [0.25, 0.3) is 0 Å². The Hall–Kier alpha value is -5.66. The average molecular weight is 564 g/mol. The molecule has 210 valence electrons. The summed E-state index contributed by atoms with van der Waals surface area (Å²) in [4.78, 5) is 2.07. The lowest BCUT2D eigenvalue weighted by Crippen LogP contribution is -2.12. The highest BCUT2D eigenvalue weighted by Crippen LogP contribution is 2.42. The molecule has 1 heterocycles. The first-order chi connectivity index (χ1) is 21.6. The number of rotatable bonds is 6. The molecule has 0 aromatic heterocycles. The fraction of sp³-hybridized carbons (Fsp3) is 0.0233. The maximum Gasteiger partial charge on any atom is 0.0378 e. The van der Waals surface area contributed by atoms with Crippen LogP contribution >= 0.6 is 0 Å². The van der Waals surface area contributed by atoms with Gasteiger partial charge in [0.05, 0.1) is 0 Å². The summed E-state index contributed by atoms with van der Waals surface area (Å²) in [6.07, 6.45) is 13.9. The molecule has 6 aromatic carbocycles. The normalized spacial score (nSPS) is 14.1. The quantitative estimate of drug-likeness (QED) is 0.144. The second-order valence-corrected chi connectivity index (χ2v) is 11.3. The predicted octanol–water partition coefficient (Wildman–Crippen LogP) is 11.9. The molecule has 1 aliphatic heterocycles. The SMILES string of the molecule is C=C/C=C(\C=C)C1=CN(/C=C(\C)c2ccc(-c3cc4c5ccccc5c5ccccc5c4c4ccccc34)cc2)C(=C)C=C1. The number of allylic oxidation sites excluding steroid dienone is 8. The third-order valence-electron chi connectivity index (χ3n) is 8.65. The van der Waals surface area contributed by atoms with Crippen molar-refractivity contribution in [3.8, 4) is 11.1 Å². The van der Waals surface area contributed by atoms with Crippen molar-refractivity contribution >= 4 is 48.7 Å². The van der Waals surface area contributed by atoms with Crippen LogP contribution in [0.3, 0.4) is 0 Å². The van der Waals surface area contributed by atoms with E-state index in [0.29, 0.717) is 0 Å². The summed E-state index contributed by atoms with van der Waals surface area (Å²) in [5, 5.41) is 10.3. The molecule has 0 amide bonds. The summed E-state index contributed by atoms with van der Waals surface area (Å²) in [6.45, 7) is 14.2. The van der Waals surface area contributed by atoms with E-state index in [1.165, 1.54) is 54.2 Å². The van der Waals surface area contributed by atoms with Crippen LogP contribution in [0.1, 0.15) is 12.5 Å². The third kappa shape index (κ3) is 4.60. The van der Waals surface area contributed by atoms with E-state index in [1.54, 1.807) is 6.08 Å². The number of fused-ring (bicyclic) bond motifs is 8. The Morgan fingerprint density at radius 3 is 1.86 bits per heavy atom. The van der Waals surface area contributed by atoms with E-state index >= 15 is 0 Å². The largest absolute Gasteiger partial charge is 0.324 e. The molecule has 0 atom stereocenters. The molecule has 0 unspecified atom stereocenters. The molecule has 0 N–H and O–H groups in total. The lowest BCUT2D eigenvalue weighted by molar-refractivity contribution is 0.645. The molecular formula is C43H33N. The van der Waals surface area contributed by atoms with Crippen molar-refractivity contribution in [2.75, 3.05) is 0 Å². The first-order valence-electron chi connectivity index (χ1n) is 14.9. The molecule has 0 saturated heterocycles. The molecule has 0 spiro atoms. The zero-order valence-electron chi connectivity index (χ0n) is 24.9. The monoisotopic (exact) mass is 563 g/mol. The van der Waals surface area contributed by atoms with Crippen LogP contribution in [0.15, 0.2) is 182 Å². The molecule has 0 fully saturated rings. The van der Waals surface area contributed by atoms with Crippen LogP contribution in [-0.4, -0.2) is 4.90 Å². The maximum absolute atomic E-state index is 4.24. The van der Waals surface area contributed by atoms with Crippen molar-refractivity contribution in [3.05, 3.63) is 188 Å². The number of nitrogens with zero attached hydrogens (tertiary/aromatic N) is 1. The molecule has 0 aliphatic carbocycles. The summed E-state index contributed by atoms with van der Waals surface area (Å²) in [6, 6.07) is 37.7. The Bertz CT molecular complexity index is 2270. The van der Waals surface area contributed by atoms with Crippen molar-refractivity contribution in [2.45, 2.75) is 6.92 Å². The Kier molecular flexibility index (Phi) is 6.92. The molecule has 0 saturated carbocycles. The topological polar surface area (TPSA) is 3.24 Å². The van der Waals surface area contributed by atoms with Crippen LogP contribution in [0.2, 0.25) is 0 Å². The zero-order valence-corrected chi connectivity index (χ0v) is 24.9. The second-order valence-electron chi connectivity index (χ2n) is 11.3. The zero-order chi connectivity index (χ0) is 30.2. The van der Waals surface area contributed by atoms with Gasteiger partial charge < -0.3 is 4.90 Å². The average Bonchev–Trinajstić information content (AvgIpc) is 3.08. The van der Waals surface area contributed by atoms with E-state index in [1.807, 2.05) is 18.2 Å². The third-order valence-corrected chi connectivity index (χ3v) is 8.65. The smallest absolute Gasteiger partial charge is 0.0378 e. The van der Waals surface area contributed by atoms with Gasteiger partial charge in [-0.1, -0.05) is 141 Å². The minimum absolute atomic E-state index is 0.911. The van der Waals surface area contributed by atoms with Gasteiger partial charge in [-0.15, -0.1) is 0 Å². The molecule has 0 bridgehead atoms. The summed E-state index contributed by atoms with van der Waals surface area (Å²) in [5.41, 5.74) is 7.76. The van der Waals surface area contributed by atoms with E-state index < -0.39 is 0 Å². The molecule has 1 aliphatic rings. The van der Waals surface area contributed by atoms with Crippen LogP contribution in [0.5, 0.6) is 0 Å². The van der Waals surface area contributed by atoms with Crippen LogP contribution in [0.25, 0.3) is 59.8 Å². The van der Waals surface area contributed by atoms with Crippen LogP contribution in [-0.2, 0) is 0 Å². The van der Waals surface area contributed by atoms with Gasteiger partial charge in [0.15, 0.2) is 0 Å². The standard InChI is InChI=1S/C43H33N/c1-5-13-31(6-2)34-21-20-30(4)44(28-34)27-29(3)32-22-24-33(25-23-32)41-26-42-37-16-8-7-14-35(37)36-15-9-11-18-39(36)43(42)40-19-12-10-17-38(40)41/h5-28H,1-2,4H2,3H3/b29-27+,31-13+. The molecule has 44 heavy (non-hydrogen) atoms. The highest BCUT2D eigenvalue weighted by molar-refractivity contribution is 6.33. The first kappa shape index (κ1) is 27.2. The molecule has 1 nitrogen and oxygen atoms in total. The Labute approximate surface area is 259 Å². The van der Waals surface area contributed by atoms with Gasteiger partial charge in [-0.3, -0.25) is 0 Å². The molecule has 0 radical (unpaired) electrons. The van der Waals surface area contributed by atoms with Crippen molar-refractivity contribution in [1.29, 1.82) is 0 Å². The molecule has 6 aromatic rings. The van der Waals surface area contributed by atoms with Crippen molar-refractivity contribution < 1.29 is 0 Å². The maximum atomic E-state index is 4.24. The molecular weight excluding hydrogens is 530 g/mol. The highest BCUT2D eigenvalue weighted by atomic mass is 15.1. The predicted molar refractivity (Wildman–Crippen MR) is 192 cm³/mol. The minimum Gasteiger partial charge on any atom is -0.324 e. The molecule has 1 heteroatoms. The molecule has 7 rings (SSSR count). The van der Waals surface area contributed by atoms with Gasteiger partial charge >= 0.3 is 0 Å². The van der Waals surface area contributed by atoms with Gasteiger partial charge in [0.1, 0.15) is 0 Å². The first-order valence-corrected chi connectivity index (χ1v) is 14.9. The summed E-state index contributed by atoms with van der Waals surface area (Å²) in [7, 11) is 0. The van der Waals surface area contributed by atoms with Gasteiger partial charge in [0, 0.05) is 18.1 Å². The van der Waals surface area contributed by atoms with E-state index in [9.17, 15) is 0 Å². The number of benzene rings is 6. The lowest BCUT2D eigenvalue weighted by atomic mass is 9.87. The Balaban J connectivity index is 1.34. The summed E-state index contributed by atoms with van der Waals surface area (Å²) in [5.74, 6) is 0. The van der Waals surface area contributed by atoms with Crippen LogP contribution < -0.4 is 0 Å². The van der Waals surface area contributed by atoms with Crippen molar-refractivity contribution in [1.82, 2.24) is 4.90 Å². The van der Waals surface area contributed by atoms with E-state index in [0.717, 1.165) is 28.0 Å². The highest BCUT2D eigenvalue weighted by Gasteiger charge is 2.15. The number of hydrogen-bond acceptors (Lipinski definition) is 1. The summed E-state index contributed by atoms with van der Waals surface area (Å²) >= 11 is 0. The van der Waals surface area contributed by atoms with Gasteiger partial charge in [0.2, 0.25) is 0 Å². The van der Waals surface area contributed by atoms with E-state index in [-0.39, 0.29) is 0 Å². The lowest BCUT2D eigenvalue weighted by Gasteiger charge is -2.23. The van der Waals surface area contributed by atoms with Crippen LogP contribution in [0, 0.1) is 0 Å². The van der Waals surface area contributed by atoms with Crippen molar-refractivity contribution in [3.63, 3.8) is 0 Å². The van der Waals surface area contributed by atoms with Gasteiger partial charge in [-0.25, -0.2) is 0 Å². The van der Waals surface area contributed by atoms with E-state index in [4.69, 9.17) is 0 Å². The second kappa shape index (κ2) is 11.2.